The standard InChI is InChI=1S/C14H20F2N2O3/c1-9-3-4-12(21-14(15)16)10(5-9)8-18-13(19)6-11(7-17)20-2/h3-5,11,14H,6-8,17H2,1-2H3,(H,18,19). The van der Waals surface area contributed by atoms with Gasteiger partial charge in [-0.15, -0.1) is 0 Å². The monoisotopic (exact) mass is 302 g/mol. The molecule has 118 valence electrons. The van der Waals surface area contributed by atoms with Crippen LogP contribution in [-0.4, -0.2) is 32.3 Å². The van der Waals surface area contributed by atoms with Crippen molar-refractivity contribution < 1.29 is 23.0 Å². The summed E-state index contributed by atoms with van der Waals surface area (Å²) in [5.41, 5.74) is 6.81. The first-order chi connectivity index (χ1) is 9.96. The molecule has 1 unspecified atom stereocenters. The van der Waals surface area contributed by atoms with Gasteiger partial charge in [-0.2, -0.15) is 8.78 Å². The number of benzene rings is 1. The molecule has 1 aromatic rings. The van der Waals surface area contributed by atoms with Crippen molar-refractivity contribution in [3.63, 3.8) is 0 Å². The van der Waals surface area contributed by atoms with Gasteiger partial charge in [-0.05, 0) is 13.0 Å². The number of alkyl halides is 2. The number of halogens is 2. The number of nitrogens with one attached hydrogen (secondary N) is 1. The van der Waals surface area contributed by atoms with E-state index >= 15 is 0 Å². The van der Waals surface area contributed by atoms with Crippen LogP contribution in [0.5, 0.6) is 5.75 Å². The Kier molecular flexibility index (Phi) is 7.04. The summed E-state index contributed by atoms with van der Waals surface area (Å²) in [5, 5.41) is 2.64. The van der Waals surface area contributed by atoms with Crippen molar-refractivity contribution in [2.24, 2.45) is 5.73 Å². The average Bonchev–Trinajstić information content (AvgIpc) is 2.44. The fourth-order valence-electron chi connectivity index (χ4n) is 1.79. The number of amides is 1. The van der Waals surface area contributed by atoms with Crippen LogP contribution in [0.15, 0.2) is 18.2 Å². The zero-order valence-electron chi connectivity index (χ0n) is 12.1. The molecule has 21 heavy (non-hydrogen) atoms. The quantitative estimate of drug-likeness (QED) is 0.764. The van der Waals surface area contributed by atoms with Crippen molar-refractivity contribution in [2.45, 2.75) is 32.6 Å². The molecule has 1 amide bonds. The van der Waals surface area contributed by atoms with Crippen LogP contribution >= 0.6 is 0 Å². The van der Waals surface area contributed by atoms with Crippen molar-refractivity contribution in [1.82, 2.24) is 5.32 Å². The largest absolute Gasteiger partial charge is 0.434 e. The van der Waals surface area contributed by atoms with E-state index in [9.17, 15) is 13.6 Å². The van der Waals surface area contributed by atoms with E-state index in [1.807, 2.05) is 6.92 Å². The lowest BCUT2D eigenvalue weighted by Gasteiger charge is -2.14. The zero-order chi connectivity index (χ0) is 15.8. The van der Waals surface area contributed by atoms with Gasteiger partial charge >= 0.3 is 6.61 Å². The third kappa shape index (κ3) is 6.05. The van der Waals surface area contributed by atoms with Gasteiger partial charge in [-0.1, -0.05) is 17.7 Å². The lowest BCUT2D eigenvalue weighted by atomic mass is 10.1. The Morgan fingerprint density at radius 1 is 1.43 bits per heavy atom. The Morgan fingerprint density at radius 2 is 2.14 bits per heavy atom. The van der Waals surface area contributed by atoms with Crippen LogP contribution in [0.25, 0.3) is 0 Å². The Morgan fingerprint density at radius 3 is 2.71 bits per heavy atom. The van der Waals surface area contributed by atoms with Gasteiger partial charge in [-0.25, -0.2) is 0 Å². The van der Waals surface area contributed by atoms with Crippen molar-refractivity contribution in [1.29, 1.82) is 0 Å². The summed E-state index contributed by atoms with van der Waals surface area (Å²) in [6, 6.07) is 4.81. The van der Waals surface area contributed by atoms with Crippen LogP contribution in [0.4, 0.5) is 8.78 Å². The minimum atomic E-state index is -2.91. The molecule has 0 fully saturated rings. The third-order valence-corrected chi connectivity index (χ3v) is 2.92. The van der Waals surface area contributed by atoms with Gasteiger partial charge in [0, 0.05) is 25.8 Å². The second-order valence-corrected chi connectivity index (χ2v) is 4.56. The topological polar surface area (TPSA) is 73.6 Å². The molecule has 1 aromatic carbocycles. The second-order valence-electron chi connectivity index (χ2n) is 4.56. The highest BCUT2D eigenvalue weighted by atomic mass is 19.3. The molecule has 0 saturated heterocycles. The highest BCUT2D eigenvalue weighted by Crippen LogP contribution is 2.22. The fourth-order valence-corrected chi connectivity index (χ4v) is 1.79. The second kappa shape index (κ2) is 8.53. The first kappa shape index (κ1) is 17.3. The number of ether oxygens (including phenoxy) is 2. The van der Waals surface area contributed by atoms with Crippen LogP contribution in [0.1, 0.15) is 17.5 Å². The van der Waals surface area contributed by atoms with Crippen LogP contribution in [-0.2, 0) is 16.1 Å². The molecular weight excluding hydrogens is 282 g/mol. The van der Waals surface area contributed by atoms with E-state index in [-0.39, 0.29) is 37.3 Å². The van der Waals surface area contributed by atoms with Crippen molar-refractivity contribution in [2.75, 3.05) is 13.7 Å². The number of rotatable bonds is 8. The zero-order valence-corrected chi connectivity index (χ0v) is 12.1. The van der Waals surface area contributed by atoms with Crippen molar-refractivity contribution in [3.8, 4) is 5.75 Å². The van der Waals surface area contributed by atoms with Gasteiger partial charge in [0.15, 0.2) is 0 Å². The maximum absolute atomic E-state index is 12.3. The van der Waals surface area contributed by atoms with Gasteiger partial charge in [0.1, 0.15) is 5.75 Å². The van der Waals surface area contributed by atoms with Crippen LogP contribution in [0.2, 0.25) is 0 Å². The van der Waals surface area contributed by atoms with E-state index in [2.05, 4.69) is 10.1 Å². The van der Waals surface area contributed by atoms with Crippen LogP contribution in [0, 0.1) is 6.92 Å². The lowest BCUT2D eigenvalue weighted by molar-refractivity contribution is -0.123. The average molecular weight is 302 g/mol. The minimum Gasteiger partial charge on any atom is -0.434 e. The SMILES string of the molecule is COC(CN)CC(=O)NCc1cc(C)ccc1OC(F)F. The van der Waals surface area contributed by atoms with Crippen molar-refractivity contribution >= 4 is 5.91 Å². The molecule has 0 saturated carbocycles. The molecule has 5 nitrogen and oxygen atoms in total. The number of methoxy groups -OCH3 is 1. The first-order valence-corrected chi connectivity index (χ1v) is 6.50. The fraction of sp³-hybridized carbons (Fsp3) is 0.500. The molecule has 1 rings (SSSR count). The number of carbonyl (C=O) groups excluding carboxylic acids is 1. The molecule has 3 N–H and O–H groups in total. The van der Waals surface area contributed by atoms with Gasteiger partial charge in [-0.3, -0.25) is 4.79 Å². The third-order valence-electron chi connectivity index (χ3n) is 2.92. The number of aryl methyl sites for hydroxylation is 1. The summed E-state index contributed by atoms with van der Waals surface area (Å²) < 4.78 is 34.1. The van der Waals surface area contributed by atoms with Gasteiger partial charge < -0.3 is 20.5 Å². The van der Waals surface area contributed by atoms with Crippen LogP contribution < -0.4 is 15.8 Å². The molecule has 0 aliphatic rings. The Labute approximate surface area is 122 Å². The van der Waals surface area contributed by atoms with E-state index in [1.165, 1.54) is 13.2 Å². The Balaban J connectivity index is 2.65. The van der Waals surface area contributed by atoms with E-state index < -0.39 is 6.61 Å². The number of carbonyl (C=O) groups is 1. The van der Waals surface area contributed by atoms with Gasteiger partial charge in [0.25, 0.3) is 0 Å². The molecule has 0 radical (unpaired) electrons. The first-order valence-electron chi connectivity index (χ1n) is 6.50. The summed E-state index contributed by atoms with van der Waals surface area (Å²) in [4.78, 5) is 11.7. The van der Waals surface area contributed by atoms with Gasteiger partial charge in [0.05, 0.1) is 12.5 Å². The summed E-state index contributed by atoms with van der Waals surface area (Å²) in [6.45, 7) is -0.748. The normalized spacial score (nSPS) is 12.3. The molecule has 0 bridgehead atoms. The van der Waals surface area contributed by atoms with Crippen molar-refractivity contribution in [3.05, 3.63) is 29.3 Å². The summed E-state index contributed by atoms with van der Waals surface area (Å²) in [6.07, 6.45) is -0.247. The number of nitrogens with two attached hydrogens (primary N) is 1. The van der Waals surface area contributed by atoms with E-state index in [0.29, 0.717) is 5.56 Å². The summed E-state index contributed by atoms with van der Waals surface area (Å²) in [5.74, 6) is -0.213. The maximum Gasteiger partial charge on any atom is 0.387 e. The Bertz CT molecular complexity index is 466. The molecule has 0 heterocycles. The van der Waals surface area contributed by atoms with Gasteiger partial charge in [0.2, 0.25) is 5.91 Å². The Hall–Kier alpha value is -1.73. The lowest BCUT2D eigenvalue weighted by Crippen LogP contribution is -2.32. The summed E-state index contributed by atoms with van der Waals surface area (Å²) >= 11 is 0. The molecule has 0 aliphatic heterocycles. The summed E-state index contributed by atoms with van der Waals surface area (Å²) in [7, 11) is 1.47. The molecule has 0 spiro atoms. The van der Waals surface area contributed by atoms with E-state index in [4.69, 9.17) is 10.5 Å². The number of hydrogen-bond acceptors (Lipinski definition) is 4. The van der Waals surface area contributed by atoms with E-state index in [1.54, 1.807) is 12.1 Å². The predicted octanol–water partition coefficient (Wildman–Crippen LogP) is 1.58. The van der Waals surface area contributed by atoms with Crippen LogP contribution in [0.3, 0.4) is 0 Å². The minimum absolute atomic E-state index is 0.0537. The molecule has 7 heteroatoms. The predicted molar refractivity (Wildman–Crippen MR) is 74.1 cm³/mol. The highest BCUT2D eigenvalue weighted by Gasteiger charge is 2.13. The number of hydrogen-bond donors (Lipinski definition) is 2. The molecule has 0 aromatic heterocycles. The van der Waals surface area contributed by atoms with E-state index in [0.717, 1.165) is 5.56 Å². The highest BCUT2D eigenvalue weighted by molar-refractivity contribution is 5.76. The molecule has 0 aliphatic carbocycles. The maximum atomic E-state index is 12.3. The smallest absolute Gasteiger partial charge is 0.387 e. The molecule has 1 atom stereocenters. The molecular formula is C14H20F2N2O3.